The molecule has 0 aromatic rings. The van der Waals surface area contributed by atoms with Gasteiger partial charge in [-0.05, 0) is 91.8 Å². The van der Waals surface area contributed by atoms with Crippen molar-refractivity contribution in [3.8, 4) is 0 Å². The molecule has 0 radical (unpaired) electrons. The van der Waals surface area contributed by atoms with E-state index in [1.165, 1.54) is 0 Å². The highest BCUT2D eigenvalue weighted by Gasteiger charge is 2.70. The predicted molar refractivity (Wildman–Crippen MR) is 188 cm³/mol. The minimum absolute atomic E-state index is 0.0444. The van der Waals surface area contributed by atoms with Crippen molar-refractivity contribution in [2.45, 2.75) is 172 Å². The number of aliphatic hydroxyl groups excluding tert-OH is 7. The summed E-state index contributed by atoms with van der Waals surface area (Å²) >= 11 is 0. The van der Waals surface area contributed by atoms with Gasteiger partial charge in [0.2, 0.25) is 0 Å². The highest BCUT2D eigenvalue weighted by molar-refractivity contribution is 7.80. The summed E-state index contributed by atoms with van der Waals surface area (Å²) in [6.07, 6.45) is -9.41. The quantitative estimate of drug-likeness (QED) is 0.120. The zero-order valence-electron chi connectivity index (χ0n) is 32.0. The monoisotopic (exact) mass is 796 g/mol. The van der Waals surface area contributed by atoms with Crippen LogP contribution in [0.3, 0.4) is 0 Å². The van der Waals surface area contributed by atoms with Crippen molar-refractivity contribution in [2.75, 3.05) is 13.2 Å². The van der Waals surface area contributed by atoms with Gasteiger partial charge in [-0.2, -0.15) is 8.42 Å². The smallest absolute Gasteiger partial charge is 0.394 e. The summed E-state index contributed by atoms with van der Waals surface area (Å²) in [6, 6.07) is 0. The zero-order valence-corrected chi connectivity index (χ0v) is 32.8. The molecule has 9 N–H and O–H groups in total. The van der Waals surface area contributed by atoms with E-state index in [9.17, 15) is 53.8 Å². The summed E-state index contributed by atoms with van der Waals surface area (Å²) in [5.41, 5.74) is -2.00. The first-order valence-corrected chi connectivity index (χ1v) is 21.2. The zero-order chi connectivity index (χ0) is 39.7. The third-order valence-electron chi connectivity index (χ3n) is 14.8. The van der Waals surface area contributed by atoms with Crippen LogP contribution in [-0.4, -0.2) is 146 Å². The van der Waals surface area contributed by atoms with Crippen molar-refractivity contribution < 1.29 is 77.0 Å². The normalized spacial score (nSPS) is 50.7. The fourth-order valence-electron chi connectivity index (χ4n) is 12.2. The number of rotatable bonds is 12. The van der Waals surface area contributed by atoms with E-state index in [1.54, 1.807) is 0 Å². The molecule has 54 heavy (non-hydrogen) atoms. The summed E-state index contributed by atoms with van der Waals surface area (Å²) in [6.45, 7) is 9.17. The molecule has 0 bridgehead atoms. The summed E-state index contributed by atoms with van der Waals surface area (Å²) < 4.78 is 61.6. The number of aliphatic hydroxyl groups is 8. The SMILES string of the molecule is CC(C)[C@H](CC[C@@H](C)[C@H]1CC(O)C2[C@]3(O)C[C@H](O)C4C[C@@H](O)CC[C@]4(C)C3CC[C@@]21C)OC1OC(CO)C(OS(=O)(=O)O)C1OC1OCC(O)C(O)C1O. The van der Waals surface area contributed by atoms with E-state index in [2.05, 4.69) is 20.8 Å². The van der Waals surface area contributed by atoms with Crippen molar-refractivity contribution in [2.24, 2.45) is 46.3 Å². The first-order chi connectivity index (χ1) is 25.1. The van der Waals surface area contributed by atoms with Gasteiger partial charge in [0, 0.05) is 12.3 Å². The molecule has 16 nitrogen and oxygen atoms in total. The maximum Gasteiger partial charge on any atom is 0.397 e. The molecule has 0 aromatic carbocycles. The molecule has 12 unspecified atom stereocenters. The Labute approximate surface area is 318 Å². The van der Waals surface area contributed by atoms with Crippen LogP contribution in [0.5, 0.6) is 0 Å². The van der Waals surface area contributed by atoms with Gasteiger partial charge in [0.1, 0.15) is 36.6 Å². The highest BCUT2D eigenvalue weighted by atomic mass is 32.3. The van der Waals surface area contributed by atoms with Gasteiger partial charge in [-0.25, -0.2) is 4.18 Å². The van der Waals surface area contributed by atoms with Crippen LogP contribution in [0.25, 0.3) is 0 Å². The van der Waals surface area contributed by atoms with E-state index in [-0.39, 0.29) is 41.4 Å². The Morgan fingerprint density at radius 3 is 2.19 bits per heavy atom. The second kappa shape index (κ2) is 15.9. The van der Waals surface area contributed by atoms with Gasteiger partial charge in [-0.15, -0.1) is 0 Å². The van der Waals surface area contributed by atoms with Gasteiger partial charge in [-0.3, -0.25) is 4.55 Å². The van der Waals surface area contributed by atoms with Crippen LogP contribution in [0.15, 0.2) is 0 Å². The Kier molecular flexibility index (Phi) is 12.6. The summed E-state index contributed by atoms with van der Waals surface area (Å²) in [4.78, 5) is 0. The van der Waals surface area contributed by atoms with Crippen LogP contribution in [0.2, 0.25) is 0 Å². The average molecular weight is 797 g/mol. The Hall–Kier alpha value is -0.610. The minimum Gasteiger partial charge on any atom is -0.394 e. The van der Waals surface area contributed by atoms with Gasteiger partial charge in [-0.1, -0.05) is 34.6 Å². The lowest BCUT2D eigenvalue weighted by molar-refractivity contribution is -0.307. The Bertz CT molecular complexity index is 1400. The Morgan fingerprint density at radius 2 is 1.54 bits per heavy atom. The van der Waals surface area contributed by atoms with E-state index >= 15 is 0 Å². The standard InChI is InChI=1S/C37H64O16S/c1-17(2)25(50-34-31(30(26(15-38)51-34)53-54(46,47)48)52-33-29(44)28(43)24(42)16-49-33)7-6-18(3)20-13-22(40)32-36(20,5)11-9-27-35(4)10-8-19(39)12-21(35)23(41)14-37(27,32)45/h17-34,38-45H,6-16H2,1-5H3,(H,46,47,48)/t18-,19+,20-,21?,22?,23+,24?,25+,26?,27?,28?,29?,30?,31?,32?,33?,34?,35+,36-,37+/m1/s1. The molecular weight excluding hydrogens is 732 g/mol. The van der Waals surface area contributed by atoms with Crippen LogP contribution in [0.1, 0.15) is 92.4 Å². The van der Waals surface area contributed by atoms with E-state index in [0.29, 0.717) is 32.1 Å². The third kappa shape index (κ3) is 7.79. The molecule has 17 heteroatoms. The van der Waals surface area contributed by atoms with E-state index in [1.807, 2.05) is 13.8 Å². The molecule has 20 atom stereocenters. The van der Waals surface area contributed by atoms with Gasteiger partial charge in [0.25, 0.3) is 0 Å². The summed E-state index contributed by atoms with van der Waals surface area (Å²) in [7, 11) is -5.08. The van der Waals surface area contributed by atoms with E-state index < -0.39 is 114 Å². The molecule has 0 amide bonds. The maximum atomic E-state index is 12.6. The lowest BCUT2D eigenvalue weighted by Crippen LogP contribution is -2.68. The summed E-state index contributed by atoms with van der Waals surface area (Å²) in [5, 5.41) is 87.0. The fraction of sp³-hybridized carbons (Fsp3) is 1.00. The van der Waals surface area contributed by atoms with Gasteiger partial charge in [0.15, 0.2) is 12.6 Å². The van der Waals surface area contributed by atoms with E-state index in [4.69, 9.17) is 23.1 Å². The van der Waals surface area contributed by atoms with Gasteiger partial charge < -0.3 is 59.8 Å². The molecule has 6 fully saturated rings. The van der Waals surface area contributed by atoms with Crippen LogP contribution < -0.4 is 0 Å². The largest absolute Gasteiger partial charge is 0.397 e. The molecule has 0 spiro atoms. The first-order valence-electron chi connectivity index (χ1n) is 19.8. The van der Waals surface area contributed by atoms with Gasteiger partial charge >= 0.3 is 10.4 Å². The number of hydrogen-bond donors (Lipinski definition) is 9. The molecule has 2 aliphatic heterocycles. The number of ether oxygens (including phenoxy) is 4. The Morgan fingerprint density at radius 1 is 0.852 bits per heavy atom. The Balaban J connectivity index is 1.17. The van der Waals surface area contributed by atoms with Gasteiger partial charge in [0.05, 0.1) is 43.2 Å². The van der Waals surface area contributed by atoms with Crippen molar-refractivity contribution in [3.05, 3.63) is 0 Å². The van der Waals surface area contributed by atoms with Crippen molar-refractivity contribution >= 4 is 10.4 Å². The second-order valence-corrected chi connectivity index (χ2v) is 19.4. The first kappa shape index (κ1) is 43.0. The van der Waals surface area contributed by atoms with Crippen molar-refractivity contribution in [1.29, 1.82) is 0 Å². The molecule has 0 aromatic heterocycles. The van der Waals surface area contributed by atoms with E-state index in [0.717, 1.165) is 19.3 Å². The molecule has 4 saturated carbocycles. The molecule has 314 valence electrons. The lowest BCUT2D eigenvalue weighted by Gasteiger charge is -2.66. The third-order valence-corrected chi connectivity index (χ3v) is 15.3. The topological polar surface area (TPSA) is 262 Å². The lowest BCUT2D eigenvalue weighted by atomic mass is 9.42. The van der Waals surface area contributed by atoms with Crippen molar-refractivity contribution in [3.63, 3.8) is 0 Å². The van der Waals surface area contributed by atoms with Crippen LogP contribution in [0, 0.1) is 46.3 Å². The summed E-state index contributed by atoms with van der Waals surface area (Å²) in [5.74, 6) is -0.625. The molecule has 6 aliphatic rings. The number of fused-ring (bicyclic) bond motifs is 5. The molecule has 4 aliphatic carbocycles. The second-order valence-electron chi connectivity index (χ2n) is 18.3. The van der Waals surface area contributed by atoms with Crippen LogP contribution in [0.4, 0.5) is 0 Å². The predicted octanol–water partition coefficient (Wildman–Crippen LogP) is 0.250. The minimum atomic E-state index is -5.08. The average Bonchev–Trinajstić information content (AvgIpc) is 3.55. The maximum absolute atomic E-state index is 12.6. The molecular formula is C37H64O16S. The van der Waals surface area contributed by atoms with Crippen LogP contribution in [-0.2, 0) is 33.5 Å². The molecule has 6 rings (SSSR count). The van der Waals surface area contributed by atoms with Crippen molar-refractivity contribution in [1.82, 2.24) is 0 Å². The molecule has 2 saturated heterocycles. The molecule has 2 heterocycles. The highest BCUT2D eigenvalue weighted by Crippen LogP contribution is 2.70. The van der Waals surface area contributed by atoms with Crippen LogP contribution >= 0.6 is 0 Å². The number of hydrogen-bond acceptors (Lipinski definition) is 15. The fourth-order valence-corrected chi connectivity index (χ4v) is 12.7.